The molecule has 1 saturated heterocycles. The zero-order chi connectivity index (χ0) is 17.3. The standard InChI is InChI=1S/C18H20FNO3S.ClH/c19-14-4-2-1-3-13(14)17(18(23)11-5-6-11)20-8-7-15(24)12(10-20)9-16(21)22;/h1-4,9,11,15,17,24H,5-8,10H2,(H,21,22);1H. The Labute approximate surface area is 157 Å². The van der Waals surface area contributed by atoms with Crippen LogP contribution in [-0.4, -0.2) is 40.1 Å². The summed E-state index contributed by atoms with van der Waals surface area (Å²) in [4.78, 5) is 25.7. The van der Waals surface area contributed by atoms with Crippen LogP contribution in [0.15, 0.2) is 35.9 Å². The van der Waals surface area contributed by atoms with Crippen LogP contribution in [0.2, 0.25) is 0 Å². The molecule has 1 aliphatic heterocycles. The second-order valence-corrected chi connectivity index (χ2v) is 7.06. The number of nitrogens with zero attached hydrogens (tertiary/aromatic N) is 1. The molecule has 25 heavy (non-hydrogen) atoms. The van der Waals surface area contributed by atoms with Crippen molar-refractivity contribution in [1.82, 2.24) is 4.90 Å². The fourth-order valence-electron chi connectivity index (χ4n) is 3.23. The van der Waals surface area contributed by atoms with Crippen molar-refractivity contribution >= 4 is 36.8 Å². The highest BCUT2D eigenvalue weighted by atomic mass is 35.5. The van der Waals surface area contributed by atoms with Gasteiger partial charge in [0.15, 0.2) is 5.78 Å². The number of carbonyl (C=O) groups is 2. The number of Topliss-reactive ketones (excluding diaryl/α,β-unsaturated/α-hetero) is 1. The molecule has 1 saturated carbocycles. The highest BCUT2D eigenvalue weighted by molar-refractivity contribution is 7.81. The molecule has 2 aliphatic rings. The van der Waals surface area contributed by atoms with Crippen molar-refractivity contribution in [3.63, 3.8) is 0 Å². The van der Waals surface area contributed by atoms with Crippen LogP contribution in [0, 0.1) is 11.7 Å². The molecule has 4 nitrogen and oxygen atoms in total. The summed E-state index contributed by atoms with van der Waals surface area (Å²) in [5, 5.41) is 8.88. The molecule has 7 heteroatoms. The van der Waals surface area contributed by atoms with Gasteiger partial charge in [-0.15, -0.1) is 12.4 Å². The number of hydrogen-bond acceptors (Lipinski definition) is 4. The van der Waals surface area contributed by atoms with Crippen LogP contribution in [0.5, 0.6) is 0 Å². The number of ketones is 1. The van der Waals surface area contributed by atoms with Gasteiger partial charge < -0.3 is 5.11 Å². The highest BCUT2D eigenvalue weighted by Crippen LogP contribution is 2.39. The zero-order valence-corrected chi connectivity index (χ0v) is 15.3. The van der Waals surface area contributed by atoms with Crippen molar-refractivity contribution in [3.8, 4) is 0 Å². The smallest absolute Gasteiger partial charge is 0.328 e. The minimum absolute atomic E-state index is 0. The van der Waals surface area contributed by atoms with E-state index in [-0.39, 0.29) is 29.4 Å². The molecule has 0 amide bonds. The van der Waals surface area contributed by atoms with E-state index in [1.165, 1.54) is 6.07 Å². The lowest BCUT2D eigenvalue weighted by atomic mass is 9.93. The van der Waals surface area contributed by atoms with E-state index in [4.69, 9.17) is 5.11 Å². The lowest BCUT2D eigenvalue weighted by molar-refractivity contribution is -0.131. The van der Waals surface area contributed by atoms with Crippen LogP contribution in [0.25, 0.3) is 0 Å². The highest BCUT2D eigenvalue weighted by Gasteiger charge is 2.40. The topological polar surface area (TPSA) is 57.6 Å². The van der Waals surface area contributed by atoms with Crippen molar-refractivity contribution in [1.29, 1.82) is 0 Å². The summed E-state index contributed by atoms with van der Waals surface area (Å²) < 4.78 is 14.3. The first kappa shape index (κ1) is 19.9. The Morgan fingerprint density at radius 1 is 1.28 bits per heavy atom. The predicted molar refractivity (Wildman–Crippen MR) is 98.8 cm³/mol. The van der Waals surface area contributed by atoms with Gasteiger partial charge in [-0.05, 0) is 30.9 Å². The maximum absolute atomic E-state index is 14.3. The Bertz CT molecular complexity index is 693. The average molecular weight is 386 g/mol. The fraction of sp³-hybridized carbons (Fsp3) is 0.444. The number of benzene rings is 1. The van der Waals surface area contributed by atoms with Gasteiger partial charge in [-0.2, -0.15) is 12.6 Å². The van der Waals surface area contributed by atoms with Crippen LogP contribution in [0.1, 0.15) is 30.9 Å². The molecule has 1 aliphatic carbocycles. The zero-order valence-electron chi connectivity index (χ0n) is 13.6. The van der Waals surface area contributed by atoms with Crippen molar-refractivity contribution < 1.29 is 19.1 Å². The van der Waals surface area contributed by atoms with E-state index in [0.717, 1.165) is 18.9 Å². The van der Waals surface area contributed by atoms with E-state index in [9.17, 15) is 14.0 Å². The average Bonchev–Trinajstić information content (AvgIpc) is 3.36. The first-order valence-corrected chi connectivity index (χ1v) is 8.62. The Balaban J connectivity index is 0.00000225. The summed E-state index contributed by atoms with van der Waals surface area (Å²) in [5.74, 6) is -1.39. The third-order valence-corrected chi connectivity index (χ3v) is 5.22. The van der Waals surface area contributed by atoms with Crippen LogP contribution < -0.4 is 0 Å². The maximum atomic E-state index is 14.3. The molecule has 0 spiro atoms. The van der Waals surface area contributed by atoms with Crippen LogP contribution in [0.3, 0.4) is 0 Å². The van der Waals surface area contributed by atoms with Crippen molar-refractivity contribution in [2.24, 2.45) is 5.92 Å². The van der Waals surface area contributed by atoms with Gasteiger partial charge >= 0.3 is 5.97 Å². The van der Waals surface area contributed by atoms with Gasteiger partial charge in [-0.1, -0.05) is 18.2 Å². The number of thiol groups is 1. The molecule has 136 valence electrons. The minimum atomic E-state index is -1.03. The number of aliphatic carboxylic acids is 1. The molecule has 1 heterocycles. The van der Waals surface area contributed by atoms with Crippen molar-refractivity contribution in [2.45, 2.75) is 30.6 Å². The normalized spacial score (nSPS) is 23.8. The minimum Gasteiger partial charge on any atom is -0.478 e. The lowest BCUT2D eigenvalue weighted by Gasteiger charge is -2.37. The summed E-state index contributed by atoms with van der Waals surface area (Å²) in [6, 6.07) is 5.69. The third-order valence-electron chi connectivity index (χ3n) is 4.63. The number of rotatable bonds is 5. The van der Waals surface area contributed by atoms with E-state index in [1.807, 2.05) is 4.90 Å². The number of carboxylic acids is 1. The molecule has 2 fully saturated rings. The number of carbonyl (C=O) groups excluding carboxylic acids is 1. The monoisotopic (exact) mass is 385 g/mol. The molecule has 0 radical (unpaired) electrons. The van der Waals surface area contributed by atoms with E-state index >= 15 is 0 Å². The number of halogens is 2. The first-order valence-electron chi connectivity index (χ1n) is 8.11. The third kappa shape index (κ3) is 4.63. The van der Waals surface area contributed by atoms with Gasteiger partial charge in [0.1, 0.15) is 5.82 Å². The predicted octanol–water partition coefficient (Wildman–Crippen LogP) is 3.28. The summed E-state index contributed by atoms with van der Waals surface area (Å²) in [6.07, 6.45) is 3.49. The lowest BCUT2D eigenvalue weighted by Crippen LogP contribution is -2.42. The van der Waals surface area contributed by atoms with Crippen LogP contribution in [0.4, 0.5) is 4.39 Å². The van der Waals surface area contributed by atoms with Gasteiger partial charge in [0, 0.05) is 35.9 Å². The summed E-state index contributed by atoms with van der Waals surface area (Å²) in [6.45, 7) is 0.903. The van der Waals surface area contributed by atoms with E-state index in [0.29, 0.717) is 30.6 Å². The summed E-state index contributed by atoms with van der Waals surface area (Å²) >= 11 is 4.44. The molecule has 1 aromatic carbocycles. The SMILES string of the molecule is Cl.O=C(O)C=C1CN(C(C(=O)C2CC2)c2ccccc2F)CCC1S. The van der Waals surface area contributed by atoms with E-state index < -0.39 is 17.8 Å². The first-order chi connectivity index (χ1) is 11.5. The molecular formula is C18H21ClFNO3S. The van der Waals surface area contributed by atoms with Gasteiger partial charge in [-0.25, -0.2) is 9.18 Å². The molecule has 0 aromatic heterocycles. The Morgan fingerprint density at radius 3 is 2.56 bits per heavy atom. The summed E-state index contributed by atoms with van der Waals surface area (Å²) in [7, 11) is 0. The Morgan fingerprint density at radius 2 is 1.96 bits per heavy atom. The van der Waals surface area contributed by atoms with Crippen molar-refractivity contribution in [2.75, 3.05) is 13.1 Å². The van der Waals surface area contributed by atoms with E-state index in [2.05, 4.69) is 12.6 Å². The number of piperidine rings is 1. The Kier molecular flexibility index (Phi) is 6.65. The maximum Gasteiger partial charge on any atom is 0.328 e. The van der Waals surface area contributed by atoms with Gasteiger partial charge in [0.25, 0.3) is 0 Å². The fourth-order valence-corrected chi connectivity index (χ4v) is 3.50. The second kappa shape index (κ2) is 8.34. The van der Waals surface area contributed by atoms with Gasteiger partial charge in [-0.3, -0.25) is 9.69 Å². The Hall–Kier alpha value is -1.37. The molecule has 2 unspecified atom stereocenters. The molecular weight excluding hydrogens is 365 g/mol. The molecule has 1 N–H and O–H groups in total. The van der Waals surface area contributed by atoms with E-state index in [1.54, 1.807) is 18.2 Å². The van der Waals surface area contributed by atoms with Gasteiger partial charge in [0.05, 0.1) is 6.04 Å². The number of hydrogen-bond donors (Lipinski definition) is 2. The van der Waals surface area contributed by atoms with Crippen LogP contribution >= 0.6 is 25.0 Å². The second-order valence-electron chi connectivity index (χ2n) is 6.43. The van der Waals surface area contributed by atoms with Crippen molar-refractivity contribution in [3.05, 3.63) is 47.3 Å². The number of likely N-dealkylation sites (tertiary alicyclic amines) is 1. The largest absolute Gasteiger partial charge is 0.478 e. The molecule has 2 atom stereocenters. The molecule has 0 bridgehead atoms. The van der Waals surface area contributed by atoms with Crippen LogP contribution in [-0.2, 0) is 9.59 Å². The molecule has 3 rings (SSSR count). The summed E-state index contributed by atoms with van der Waals surface area (Å²) in [5.41, 5.74) is 1.03. The van der Waals surface area contributed by atoms with Gasteiger partial charge in [0.2, 0.25) is 0 Å². The molecule has 1 aromatic rings. The quantitative estimate of drug-likeness (QED) is 0.603. The number of carboxylic acid groups (broad SMARTS) is 1.